The van der Waals surface area contributed by atoms with E-state index in [2.05, 4.69) is 40.7 Å². The van der Waals surface area contributed by atoms with E-state index in [-0.39, 0.29) is 12.5 Å². The van der Waals surface area contributed by atoms with E-state index in [9.17, 15) is 9.59 Å². The second-order valence-corrected chi connectivity index (χ2v) is 8.62. The molecule has 0 saturated carbocycles. The van der Waals surface area contributed by atoms with Crippen LogP contribution >= 0.6 is 0 Å². The van der Waals surface area contributed by atoms with Crippen molar-refractivity contribution >= 4 is 12.0 Å². The summed E-state index contributed by atoms with van der Waals surface area (Å²) in [6.45, 7) is 6.72. The third-order valence-corrected chi connectivity index (χ3v) is 5.79. The maximum absolute atomic E-state index is 12.3. The quantitative estimate of drug-likeness (QED) is 0.546. The van der Waals surface area contributed by atoms with Gasteiger partial charge in [0.1, 0.15) is 6.61 Å². The molecular weight excluding hydrogens is 402 g/mol. The van der Waals surface area contributed by atoms with Gasteiger partial charge >= 0.3 is 6.09 Å². The molecule has 172 valence electrons. The molecular formula is C26H35N3O3. The molecule has 1 fully saturated rings. The number of rotatable bonds is 10. The Morgan fingerprint density at radius 2 is 1.78 bits per heavy atom. The van der Waals surface area contributed by atoms with Crippen LogP contribution < -0.4 is 10.6 Å². The summed E-state index contributed by atoms with van der Waals surface area (Å²) in [5.74, 6) is 0.741. The Labute approximate surface area is 191 Å². The van der Waals surface area contributed by atoms with Gasteiger partial charge in [0.2, 0.25) is 5.91 Å². The molecule has 1 unspecified atom stereocenters. The molecule has 2 amide bonds. The van der Waals surface area contributed by atoms with Crippen LogP contribution in [0.5, 0.6) is 0 Å². The van der Waals surface area contributed by atoms with Gasteiger partial charge in [-0.15, -0.1) is 0 Å². The number of nitrogens with zero attached hydrogens (tertiary/aromatic N) is 1. The monoisotopic (exact) mass is 437 g/mol. The lowest BCUT2D eigenvalue weighted by atomic mass is 9.99. The van der Waals surface area contributed by atoms with Gasteiger partial charge in [-0.05, 0) is 48.4 Å². The van der Waals surface area contributed by atoms with Crippen molar-refractivity contribution in [3.8, 4) is 0 Å². The van der Waals surface area contributed by atoms with Crippen molar-refractivity contribution in [3.05, 3.63) is 71.3 Å². The van der Waals surface area contributed by atoms with Crippen LogP contribution in [0.3, 0.4) is 0 Å². The summed E-state index contributed by atoms with van der Waals surface area (Å²) in [6, 6.07) is 17.9. The van der Waals surface area contributed by atoms with Gasteiger partial charge in [0.05, 0.1) is 0 Å². The second kappa shape index (κ2) is 12.9. The van der Waals surface area contributed by atoms with Crippen molar-refractivity contribution in [1.29, 1.82) is 0 Å². The van der Waals surface area contributed by atoms with Crippen LogP contribution in [0.15, 0.2) is 54.6 Å². The number of hydrogen-bond donors (Lipinski definition) is 2. The van der Waals surface area contributed by atoms with E-state index < -0.39 is 6.09 Å². The number of likely N-dealkylation sites (tertiary alicyclic amines) is 1. The number of hydrogen-bond acceptors (Lipinski definition) is 4. The molecule has 0 aliphatic carbocycles. The van der Waals surface area contributed by atoms with E-state index in [1.165, 1.54) is 24.0 Å². The molecule has 2 aromatic carbocycles. The van der Waals surface area contributed by atoms with Crippen LogP contribution in [-0.4, -0.2) is 36.5 Å². The first-order valence-electron chi connectivity index (χ1n) is 11.6. The summed E-state index contributed by atoms with van der Waals surface area (Å²) >= 11 is 0. The fraction of sp³-hybridized carbons (Fsp3) is 0.462. The van der Waals surface area contributed by atoms with E-state index in [1.807, 2.05) is 36.4 Å². The topological polar surface area (TPSA) is 70.7 Å². The second-order valence-electron chi connectivity index (χ2n) is 8.62. The zero-order chi connectivity index (χ0) is 22.6. The highest BCUT2D eigenvalue weighted by atomic mass is 16.5. The molecule has 32 heavy (non-hydrogen) atoms. The van der Waals surface area contributed by atoms with Crippen LogP contribution in [0.4, 0.5) is 4.79 Å². The van der Waals surface area contributed by atoms with Gasteiger partial charge in [0.15, 0.2) is 0 Å². The molecule has 0 radical (unpaired) electrons. The third kappa shape index (κ3) is 8.35. The smallest absolute Gasteiger partial charge is 0.407 e. The van der Waals surface area contributed by atoms with Gasteiger partial charge in [-0.2, -0.15) is 0 Å². The van der Waals surface area contributed by atoms with E-state index in [4.69, 9.17) is 4.74 Å². The predicted molar refractivity (Wildman–Crippen MR) is 126 cm³/mol. The summed E-state index contributed by atoms with van der Waals surface area (Å²) in [4.78, 5) is 26.5. The Hall–Kier alpha value is -2.86. The average molecular weight is 438 g/mol. The Bertz CT molecular complexity index is 856. The highest BCUT2D eigenvalue weighted by Crippen LogP contribution is 2.19. The molecule has 1 aliphatic heterocycles. The zero-order valence-corrected chi connectivity index (χ0v) is 19.0. The number of carbonyl (C=O) groups is 2. The van der Waals surface area contributed by atoms with Gasteiger partial charge in [-0.25, -0.2) is 4.79 Å². The SMILES string of the molecule is CC1CCCN(Cc2ccccc2CNC(=O)CCCNC(=O)OCc2ccccc2)C1. The molecule has 1 saturated heterocycles. The molecule has 1 atom stereocenters. The number of benzene rings is 2. The lowest BCUT2D eigenvalue weighted by molar-refractivity contribution is -0.121. The molecule has 6 nitrogen and oxygen atoms in total. The molecule has 3 rings (SSSR count). The van der Waals surface area contributed by atoms with Crippen molar-refractivity contribution in [2.24, 2.45) is 5.92 Å². The van der Waals surface area contributed by atoms with Crippen molar-refractivity contribution < 1.29 is 14.3 Å². The van der Waals surface area contributed by atoms with Gasteiger partial charge in [-0.3, -0.25) is 9.69 Å². The van der Waals surface area contributed by atoms with Crippen molar-refractivity contribution in [3.63, 3.8) is 0 Å². The Kier molecular flexibility index (Phi) is 9.57. The standard InChI is InChI=1S/C26H35N3O3/c1-21-9-8-16-29(18-21)19-24-13-6-5-12-23(24)17-28-25(30)14-7-15-27-26(31)32-20-22-10-3-2-4-11-22/h2-6,10-13,21H,7-9,14-20H2,1H3,(H,27,31)(H,28,30). The minimum absolute atomic E-state index is 0.00847. The third-order valence-electron chi connectivity index (χ3n) is 5.79. The Morgan fingerprint density at radius 1 is 1.03 bits per heavy atom. The van der Waals surface area contributed by atoms with Crippen LogP contribution in [0, 0.1) is 5.92 Å². The van der Waals surface area contributed by atoms with Gasteiger partial charge < -0.3 is 15.4 Å². The van der Waals surface area contributed by atoms with E-state index >= 15 is 0 Å². The average Bonchev–Trinajstić information content (AvgIpc) is 2.81. The lowest BCUT2D eigenvalue weighted by Crippen LogP contribution is -2.34. The Balaban J connectivity index is 1.32. The molecule has 1 aliphatic rings. The molecule has 2 aromatic rings. The summed E-state index contributed by atoms with van der Waals surface area (Å²) < 4.78 is 5.17. The van der Waals surface area contributed by atoms with E-state index in [0.717, 1.165) is 31.1 Å². The Morgan fingerprint density at radius 3 is 2.56 bits per heavy atom. The zero-order valence-electron chi connectivity index (χ0n) is 19.0. The normalized spacial score (nSPS) is 16.3. The van der Waals surface area contributed by atoms with Crippen LogP contribution in [0.25, 0.3) is 0 Å². The highest BCUT2D eigenvalue weighted by Gasteiger charge is 2.17. The molecule has 0 spiro atoms. The fourth-order valence-corrected chi connectivity index (χ4v) is 4.05. The first kappa shape index (κ1) is 23.8. The first-order chi connectivity index (χ1) is 15.6. The van der Waals surface area contributed by atoms with Gasteiger partial charge in [0.25, 0.3) is 0 Å². The molecule has 0 bridgehead atoms. The largest absolute Gasteiger partial charge is 0.445 e. The van der Waals surface area contributed by atoms with Crippen molar-refractivity contribution in [2.75, 3.05) is 19.6 Å². The van der Waals surface area contributed by atoms with E-state index in [0.29, 0.717) is 25.9 Å². The number of ether oxygens (including phenoxy) is 1. The minimum atomic E-state index is -0.463. The van der Waals surface area contributed by atoms with Gasteiger partial charge in [0, 0.05) is 32.6 Å². The summed E-state index contributed by atoms with van der Waals surface area (Å²) in [5, 5.41) is 5.71. The number of alkyl carbamates (subject to hydrolysis) is 1. The highest BCUT2D eigenvalue weighted by molar-refractivity contribution is 5.76. The van der Waals surface area contributed by atoms with Crippen LogP contribution in [0.2, 0.25) is 0 Å². The van der Waals surface area contributed by atoms with Gasteiger partial charge in [-0.1, -0.05) is 61.5 Å². The molecule has 0 aromatic heterocycles. The lowest BCUT2D eigenvalue weighted by Gasteiger charge is -2.31. The van der Waals surface area contributed by atoms with Crippen LogP contribution in [0.1, 0.15) is 49.3 Å². The number of amides is 2. The minimum Gasteiger partial charge on any atom is -0.445 e. The maximum atomic E-state index is 12.3. The number of carbonyl (C=O) groups excluding carboxylic acids is 2. The van der Waals surface area contributed by atoms with Crippen molar-refractivity contribution in [2.45, 2.75) is 52.3 Å². The molecule has 2 N–H and O–H groups in total. The van der Waals surface area contributed by atoms with Crippen LogP contribution in [-0.2, 0) is 29.2 Å². The maximum Gasteiger partial charge on any atom is 0.407 e. The fourth-order valence-electron chi connectivity index (χ4n) is 4.05. The first-order valence-corrected chi connectivity index (χ1v) is 11.6. The molecule has 1 heterocycles. The summed E-state index contributed by atoms with van der Waals surface area (Å²) in [6.07, 6.45) is 3.04. The van der Waals surface area contributed by atoms with Crippen molar-refractivity contribution in [1.82, 2.24) is 15.5 Å². The summed E-state index contributed by atoms with van der Waals surface area (Å²) in [7, 11) is 0. The van der Waals surface area contributed by atoms with E-state index in [1.54, 1.807) is 0 Å². The summed E-state index contributed by atoms with van der Waals surface area (Å²) in [5.41, 5.74) is 3.39. The molecule has 6 heteroatoms. The number of piperidine rings is 1. The number of nitrogens with one attached hydrogen (secondary N) is 2. The predicted octanol–water partition coefficient (Wildman–Crippen LogP) is 4.24.